The van der Waals surface area contributed by atoms with E-state index in [1.54, 1.807) is 25.1 Å². The Morgan fingerprint density at radius 3 is 2.62 bits per heavy atom. The predicted octanol–water partition coefficient (Wildman–Crippen LogP) is 3.68. The van der Waals surface area contributed by atoms with E-state index in [1.807, 2.05) is 6.92 Å². The lowest BCUT2D eigenvalue weighted by Crippen LogP contribution is -2.10. The normalized spacial score (nSPS) is 13.1. The van der Waals surface area contributed by atoms with Crippen LogP contribution in [-0.2, 0) is 6.42 Å². The summed E-state index contributed by atoms with van der Waals surface area (Å²) in [6.07, 6.45) is -5.90. The average Bonchev–Trinajstić information content (AvgIpc) is 2.89. The molecule has 0 aliphatic heterocycles. The van der Waals surface area contributed by atoms with Gasteiger partial charge in [0, 0.05) is 13.3 Å². The molecule has 0 spiro atoms. The van der Waals surface area contributed by atoms with Crippen molar-refractivity contribution in [3.63, 3.8) is 0 Å². The predicted molar refractivity (Wildman–Crippen MR) is 79.7 cm³/mol. The van der Waals surface area contributed by atoms with Crippen molar-refractivity contribution in [2.24, 2.45) is 0 Å². The molecule has 1 unspecified atom stereocenters. The maximum Gasteiger partial charge on any atom is 0.389 e. The summed E-state index contributed by atoms with van der Waals surface area (Å²) >= 11 is 0. The van der Waals surface area contributed by atoms with Gasteiger partial charge in [-0.15, -0.1) is 10.2 Å². The topological polar surface area (TPSA) is 68.4 Å². The van der Waals surface area contributed by atoms with Crippen molar-refractivity contribution in [1.29, 1.82) is 0 Å². The zero-order valence-corrected chi connectivity index (χ0v) is 13.4. The van der Waals surface area contributed by atoms with Crippen LogP contribution in [0.5, 0.6) is 5.75 Å². The Morgan fingerprint density at radius 2 is 2.00 bits per heavy atom. The third-order valence-corrected chi connectivity index (χ3v) is 3.42. The minimum atomic E-state index is -4.18. The van der Waals surface area contributed by atoms with E-state index in [9.17, 15) is 18.3 Å². The van der Waals surface area contributed by atoms with Gasteiger partial charge in [0.1, 0.15) is 5.75 Å². The lowest BCUT2D eigenvalue weighted by molar-refractivity contribution is -0.136. The van der Waals surface area contributed by atoms with E-state index >= 15 is 0 Å². The van der Waals surface area contributed by atoms with Gasteiger partial charge in [-0.2, -0.15) is 13.2 Å². The Bertz CT molecular complexity index is 671. The van der Waals surface area contributed by atoms with E-state index < -0.39 is 18.7 Å². The molecule has 0 aliphatic carbocycles. The molecule has 0 radical (unpaired) electrons. The van der Waals surface area contributed by atoms with Gasteiger partial charge >= 0.3 is 6.18 Å². The number of nitrogens with zero attached hydrogens (tertiary/aromatic N) is 2. The molecule has 132 valence electrons. The van der Waals surface area contributed by atoms with E-state index in [-0.39, 0.29) is 19.4 Å². The standard InChI is InChI=1S/C16H19F3N2O3/c1-10-4-5-12(23-7-3-6-16(17,18)19)8-13(10)14(22)9-15-21-20-11(2)24-15/h4-5,8,14,22H,3,6-7,9H2,1-2H3. The Balaban J connectivity index is 1.97. The second-order valence-corrected chi connectivity index (χ2v) is 5.52. The lowest BCUT2D eigenvalue weighted by atomic mass is 10.0. The molecule has 24 heavy (non-hydrogen) atoms. The van der Waals surface area contributed by atoms with E-state index in [0.717, 1.165) is 5.56 Å². The number of hydrogen-bond donors (Lipinski definition) is 1. The first-order valence-electron chi connectivity index (χ1n) is 7.52. The zero-order valence-electron chi connectivity index (χ0n) is 13.4. The maximum atomic E-state index is 12.1. The van der Waals surface area contributed by atoms with Crippen LogP contribution in [-0.4, -0.2) is 28.1 Å². The summed E-state index contributed by atoms with van der Waals surface area (Å²) in [5.74, 6) is 1.14. The van der Waals surface area contributed by atoms with Gasteiger partial charge in [0.15, 0.2) is 0 Å². The van der Waals surface area contributed by atoms with E-state index in [2.05, 4.69) is 10.2 Å². The summed E-state index contributed by atoms with van der Waals surface area (Å²) in [5, 5.41) is 17.9. The lowest BCUT2D eigenvalue weighted by Gasteiger charge is -2.14. The summed E-state index contributed by atoms with van der Waals surface area (Å²) in [7, 11) is 0. The van der Waals surface area contributed by atoms with Crippen molar-refractivity contribution in [1.82, 2.24) is 10.2 Å². The number of aromatic nitrogens is 2. The van der Waals surface area contributed by atoms with Gasteiger partial charge in [0.05, 0.1) is 19.1 Å². The second-order valence-electron chi connectivity index (χ2n) is 5.52. The molecule has 8 heteroatoms. The fourth-order valence-electron chi connectivity index (χ4n) is 2.23. The molecule has 0 amide bonds. The molecular weight excluding hydrogens is 325 g/mol. The van der Waals surface area contributed by atoms with Crippen LogP contribution in [0.25, 0.3) is 0 Å². The largest absolute Gasteiger partial charge is 0.494 e. The third-order valence-electron chi connectivity index (χ3n) is 3.42. The van der Waals surface area contributed by atoms with Gasteiger partial charge < -0.3 is 14.3 Å². The number of aliphatic hydroxyl groups excluding tert-OH is 1. The number of aryl methyl sites for hydroxylation is 2. The summed E-state index contributed by atoms with van der Waals surface area (Å²) in [6, 6.07) is 5.03. The van der Waals surface area contributed by atoms with Crippen LogP contribution >= 0.6 is 0 Å². The van der Waals surface area contributed by atoms with Crippen molar-refractivity contribution in [3.05, 3.63) is 41.1 Å². The molecule has 1 atom stereocenters. The first kappa shape index (κ1) is 18.3. The molecule has 1 aromatic carbocycles. The number of benzene rings is 1. The van der Waals surface area contributed by atoms with E-state index in [4.69, 9.17) is 9.15 Å². The minimum Gasteiger partial charge on any atom is -0.494 e. The second kappa shape index (κ2) is 7.65. The molecule has 1 N–H and O–H groups in total. The first-order chi connectivity index (χ1) is 11.2. The van der Waals surface area contributed by atoms with Gasteiger partial charge in [-0.05, 0) is 36.6 Å². The SMILES string of the molecule is Cc1nnc(CC(O)c2cc(OCCCC(F)(F)F)ccc2C)o1. The van der Waals surface area contributed by atoms with Crippen molar-refractivity contribution < 1.29 is 27.4 Å². The molecule has 2 rings (SSSR count). The fraction of sp³-hybridized carbons (Fsp3) is 0.500. The molecule has 0 fully saturated rings. The fourth-order valence-corrected chi connectivity index (χ4v) is 2.23. The molecule has 5 nitrogen and oxygen atoms in total. The number of aliphatic hydroxyl groups is 1. The first-order valence-corrected chi connectivity index (χ1v) is 7.52. The van der Waals surface area contributed by atoms with Crippen LogP contribution in [0.2, 0.25) is 0 Å². The Labute approximate surface area is 137 Å². The Kier molecular flexibility index (Phi) is 5.82. The highest BCUT2D eigenvalue weighted by Crippen LogP contribution is 2.26. The van der Waals surface area contributed by atoms with Crippen LogP contribution in [0, 0.1) is 13.8 Å². The molecule has 0 bridgehead atoms. The van der Waals surface area contributed by atoms with Crippen LogP contribution in [0.3, 0.4) is 0 Å². The molecule has 1 aromatic heterocycles. The summed E-state index contributed by atoms with van der Waals surface area (Å²) in [6.45, 7) is 3.44. The highest BCUT2D eigenvalue weighted by molar-refractivity contribution is 5.36. The zero-order chi connectivity index (χ0) is 17.7. The number of rotatable bonds is 7. The molecule has 1 heterocycles. The molecule has 0 aliphatic rings. The summed E-state index contributed by atoms with van der Waals surface area (Å²) in [4.78, 5) is 0. The van der Waals surface area contributed by atoms with Crippen LogP contribution in [0.15, 0.2) is 22.6 Å². The highest BCUT2D eigenvalue weighted by atomic mass is 19.4. The smallest absolute Gasteiger partial charge is 0.389 e. The van der Waals surface area contributed by atoms with Crippen molar-refractivity contribution in [3.8, 4) is 5.75 Å². The van der Waals surface area contributed by atoms with Crippen molar-refractivity contribution in [2.45, 2.75) is 45.4 Å². The number of alkyl halides is 3. The number of hydrogen-bond acceptors (Lipinski definition) is 5. The number of halogens is 3. The molecular formula is C16H19F3N2O3. The van der Waals surface area contributed by atoms with E-state index in [0.29, 0.717) is 23.1 Å². The highest BCUT2D eigenvalue weighted by Gasteiger charge is 2.26. The minimum absolute atomic E-state index is 0.0407. The van der Waals surface area contributed by atoms with E-state index in [1.165, 1.54) is 0 Å². The van der Waals surface area contributed by atoms with Crippen molar-refractivity contribution >= 4 is 0 Å². The monoisotopic (exact) mass is 344 g/mol. The van der Waals surface area contributed by atoms with Gasteiger partial charge in [-0.3, -0.25) is 0 Å². The molecule has 0 saturated carbocycles. The third kappa shape index (κ3) is 5.52. The Morgan fingerprint density at radius 1 is 1.25 bits per heavy atom. The van der Waals surface area contributed by atoms with Crippen LogP contribution in [0.4, 0.5) is 13.2 Å². The molecule has 2 aromatic rings. The number of ether oxygens (including phenoxy) is 1. The summed E-state index contributed by atoms with van der Waals surface area (Å²) in [5.41, 5.74) is 1.44. The average molecular weight is 344 g/mol. The summed E-state index contributed by atoms with van der Waals surface area (Å²) < 4.78 is 46.9. The van der Waals surface area contributed by atoms with Gasteiger partial charge in [-0.1, -0.05) is 6.07 Å². The molecule has 0 saturated heterocycles. The van der Waals surface area contributed by atoms with Gasteiger partial charge in [0.2, 0.25) is 11.8 Å². The Hall–Kier alpha value is -2.09. The van der Waals surface area contributed by atoms with Crippen LogP contribution < -0.4 is 4.74 Å². The van der Waals surface area contributed by atoms with Crippen LogP contribution in [0.1, 0.15) is 41.9 Å². The van der Waals surface area contributed by atoms with Gasteiger partial charge in [0.25, 0.3) is 0 Å². The van der Waals surface area contributed by atoms with Crippen molar-refractivity contribution in [2.75, 3.05) is 6.61 Å². The quantitative estimate of drug-likeness (QED) is 0.776. The maximum absolute atomic E-state index is 12.1. The van der Waals surface area contributed by atoms with Gasteiger partial charge in [-0.25, -0.2) is 0 Å².